The third kappa shape index (κ3) is 4.74. The van der Waals surface area contributed by atoms with Crippen LogP contribution in [0.4, 0.5) is 5.69 Å². The van der Waals surface area contributed by atoms with Crippen molar-refractivity contribution in [3.05, 3.63) is 60.7 Å². The van der Waals surface area contributed by atoms with Crippen LogP contribution in [-0.2, 0) is 4.79 Å². The van der Waals surface area contributed by atoms with Gasteiger partial charge in [0.05, 0.1) is 25.2 Å². The van der Waals surface area contributed by atoms with Crippen molar-refractivity contribution in [2.45, 2.75) is 37.2 Å². The zero-order chi connectivity index (χ0) is 26.1. The minimum Gasteiger partial charge on any atom is -0.497 e. The van der Waals surface area contributed by atoms with Crippen molar-refractivity contribution in [1.29, 1.82) is 0 Å². The summed E-state index contributed by atoms with van der Waals surface area (Å²) in [6.07, 6.45) is 0. The quantitative estimate of drug-likeness (QED) is 0.233. The normalized spacial score (nSPS) is 12.3. The van der Waals surface area contributed by atoms with Gasteiger partial charge in [0, 0.05) is 28.4 Å². The number of fused-ring (bicyclic) bond motifs is 3. The molecule has 0 aliphatic carbocycles. The third-order valence-electron chi connectivity index (χ3n) is 6.14. The lowest BCUT2D eigenvalue weighted by Gasteiger charge is -2.17. The highest BCUT2D eigenvalue weighted by Gasteiger charge is 2.23. The topological polar surface area (TPSA) is 91.4 Å². The number of ether oxygens (including phenoxy) is 2. The molecule has 9 heteroatoms. The lowest BCUT2D eigenvalue weighted by Crippen LogP contribution is -2.23. The van der Waals surface area contributed by atoms with E-state index in [1.807, 2.05) is 72.2 Å². The maximum Gasteiger partial charge on any atom is 0.237 e. The van der Waals surface area contributed by atoms with Crippen LogP contribution in [0.25, 0.3) is 33.3 Å². The number of methoxy groups -OCH3 is 2. The van der Waals surface area contributed by atoms with Crippen molar-refractivity contribution >= 4 is 45.3 Å². The molecule has 0 radical (unpaired) electrons. The molecule has 37 heavy (non-hydrogen) atoms. The average molecular weight is 517 g/mol. The first-order valence-electron chi connectivity index (χ1n) is 12.0. The number of rotatable bonds is 8. The highest BCUT2D eigenvalue weighted by molar-refractivity contribution is 8.00. The molecule has 0 saturated heterocycles. The van der Waals surface area contributed by atoms with E-state index in [1.54, 1.807) is 14.2 Å². The number of aromatic nitrogens is 3. The number of thioether (sulfide) groups is 1. The summed E-state index contributed by atoms with van der Waals surface area (Å²) in [5.41, 5.74) is 2.94. The molecule has 190 valence electrons. The molecule has 0 fully saturated rings. The van der Waals surface area contributed by atoms with E-state index >= 15 is 0 Å². The largest absolute Gasteiger partial charge is 0.497 e. The molecule has 0 saturated carbocycles. The number of carbonyl (C=O) groups is 1. The molecule has 1 N–H and O–H groups in total. The van der Waals surface area contributed by atoms with E-state index in [0.717, 1.165) is 33.5 Å². The Morgan fingerprint density at radius 1 is 0.946 bits per heavy atom. The van der Waals surface area contributed by atoms with Gasteiger partial charge in [-0.15, -0.1) is 10.2 Å². The Morgan fingerprint density at radius 3 is 2.41 bits per heavy atom. The predicted molar refractivity (Wildman–Crippen MR) is 147 cm³/mol. The maximum atomic E-state index is 13.2. The maximum absolute atomic E-state index is 13.2. The SMILES string of the molecule is COc1ccc(-c2nnc(SC(C)C(=O)Nc3cc4oc5ccccc5c4cc3OC)n2C(C)C)cc1. The smallest absolute Gasteiger partial charge is 0.237 e. The lowest BCUT2D eigenvalue weighted by atomic mass is 10.1. The van der Waals surface area contributed by atoms with E-state index in [2.05, 4.69) is 29.4 Å². The number of hydrogen-bond acceptors (Lipinski definition) is 7. The van der Waals surface area contributed by atoms with Crippen LogP contribution in [0, 0.1) is 0 Å². The molecule has 0 bridgehead atoms. The van der Waals surface area contributed by atoms with Gasteiger partial charge in [-0.25, -0.2) is 0 Å². The van der Waals surface area contributed by atoms with E-state index in [4.69, 9.17) is 13.9 Å². The van der Waals surface area contributed by atoms with Gasteiger partial charge in [-0.1, -0.05) is 30.0 Å². The van der Waals surface area contributed by atoms with Crippen molar-refractivity contribution < 1.29 is 18.7 Å². The Hall–Kier alpha value is -3.98. The van der Waals surface area contributed by atoms with Crippen LogP contribution in [0.5, 0.6) is 11.5 Å². The van der Waals surface area contributed by atoms with Crippen LogP contribution in [0.2, 0.25) is 0 Å². The highest BCUT2D eigenvalue weighted by atomic mass is 32.2. The Labute approximate surface area is 219 Å². The predicted octanol–water partition coefficient (Wildman–Crippen LogP) is 6.56. The van der Waals surface area contributed by atoms with E-state index < -0.39 is 5.25 Å². The number of amides is 1. The zero-order valence-corrected chi connectivity index (χ0v) is 22.1. The molecule has 1 unspecified atom stereocenters. The van der Waals surface area contributed by atoms with E-state index in [-0.39, 0.29) is 11.9 Å². The fraction of sp³-hybridized carbons (Fsp3) is 0.250. The molecule has 2 heterocycles. The molecule has 5 rings (SSSR count). The van der Waals surface area contributed by atoms with Gasteiger partial charge in [0.2, 0.25) is 5.91 Å². The number of furan rings is 1. The fourth-order valence-corrected chi connectivity index (χ4v) is 5.20. The number of nitrogens with zero attached hydrogens (tertiary/aromatic N) is 3. The lowest BCUT2D eigenvalue weighted by molar-refractivity contribution is -0.115. The second-order valence-corrected chi connectivity index (χ2v) is 10.2. The number of para-hydroxylation sites is 1. The number of benzene rings is 3. The Morgan fingerprint density at radius 2 is 1.70 bits per heavy atom. The zero-order valence-electron chi connectivity index (χ0n) is 21.3. The van der Waals surface area contributed by atoms with Crippen molar-refractivity contribution in [1.82, 2.24) is 14.8 Å². The average Bonchev–Trinajstić information content (AvgIpc) is 3.49. The molecule has 0 aliphatic heterocycles. The van der Waals surface area contributed by atoms with Crippen LogP contribution in [0.15, 0.2) is 70.2 Å². The van der Waals surface area contributed by atoms with Gasteiger partial charge in [-0.05, 0) is 57.2 Å². The molecule has 3 aromatic carbocycles. The third-order valence-corrected chi connectivity index (χ3v) is 7.19. The number of nitrogens with one attached hydrogen (secondary N) is 1. The summed E-state index contributed by atoms with van der Waals surface area (Å²) in [6.45, 7) is 5.98. The van der Waals surface area contributed by atoms with Crippen LogP contribution in [0.1, 0.15) is 26.8 Å². The van der Waals surface area contributed by atoms with E-state index in [1.165, 1.54) is 11.8 Å². The van der Waals surface area contributed by atoms with E-state index in [9.17, 15) is 4.79 Å². The molecule has 0 aliphatic rings. The Balaban J connectivity index is 1.39. The summed E-state index contributed by atoms with van der Waals surface area (Å²) in [5.74, 6) is 1.90. The first kappa shape index (κ1) is 24.7. The first-order chi connectivity index (χ1) is 17.9. The van der Waals surface area contributed by atoms with Crippen LogP contribution in [0.3, 0.4) is 0 Å². The number of anilines is 1. The first-order valence-corrected chi connectivity index (χ1v) is 12.8. The highest BCUT2D eigenvalue weighted by Crippen LogP contribution is 2.37. The molecular formula is C28H28N4O4S. The summed E-state index contributed by atoms with van der Waals surface area (Å²) in [7, 11) is 3.22. The summed E-state index contributed by atoms with van der Waals surface area (Å²) in [6, 6.07) is 19.3. The van der Waals surface area contributed by atoms with Gasteiger partial charge >= 0.3 is 0 Å². The molecule has 5 aromatic rings. The summed E-state index contributed by atoms with van der Waals surface area (Å²) < 4.78 is 18.9. The van der Waals surface area contributed by atoms with Crippen molar-refractivity contribution in [2.75, 3.05) is 19.5 Å². The standard InChI is InChI=1S/C28H28N4O4S/c1-16(2)32-26(18-10-12-19(34-4)13-11-18)30-31-28(32)37-17(3)27(33)29-22-15-24-21(14-25(22)35-5)20-8-6-7-9-23(20)36-24/h6-17H,1-5H3,(H,29,33). The van der Waals surface area contributed by atoms with Crippen LogP contribution < -0.4 is 14.8 Å². The minimum atomic E-state index is -0.443. The summed E-state index contributed by atoms with van der Waals surface area (Å²) >= 11 is 1.36. The fourth-order valence-electron chi connectivity index (χ4n) is 4.22. The second kappa shape index (κ2) is 10.2. The molecule has 2 aromatic heterocycles. The second-order valence-electron chi connectivity index (χ2n) is 8.89. The van der Waals surface area contributed by atoms with Gasteiger partial charge in [-0.3, -0.25) is 9.36 Å². The van der Waals surface area contributed by atoms with Gasteiger partial charge in [0.25, 0.3) is 0 Å². The molecule has 8 nitrogen and oxygen atoms in total. The molecular weight excluding hydrogens is 488 g/mol. The van der Waals surface area contributed by atoms with Gasteiger partial charge < -0.3 is 19.2 Å². The van der Waals surface area contributed by atoms with Crippen molar-refractivity contribution in [3.63, 3.8) is 0 Å². The van der Waals surface area contributed by atoms with Gasteiger partial charge in [0.15, 0.2) is 11.0 Å². The number of hydrogen-bond donors (Lipinski definition) is 1. The monoisotopic (exact) mass is 516 g/mol. The Kier molecular flexibility index (Phi) is 6.80. The molecule has 1 atom stereocenters. The summed E-state index contributed by atoms with van der Waals surface area (Å²) in [5, 5.41) is 14.0. The van der Waals surface area contributed by atoms with Gasteiger partial charge in [0.1, 0.15) is 22.7 Å². The van der Waals surface area contributed by atoms with Crippen LogP contribution in [-0.4, -0.2) is 40.1 Å². The van der Waals surface area contributed by atoms with Gasteiger partial charge in [-0.2, -0.15) is 0 Å². The van der Waals surface area contributed by atoms with E-state index in [0.29, 0.717) is 22.2 Å². The van der Waals surface area contributed by atoms with Crippen molar-refractivity contribution in [3.8, 4) is 22.9 Å². The van der Waals surface area contributed by atoms with Crippen molar-refractivity contribution in [2.24, 2.45) is 0 Å². The summed E-state index contributed by atoms with van der Waals surface area (Å²) in [4.78, 5) is 13.2. The Bertz CT molecular complexity index is 1570. The van der Waals surface area contributed by atoms with Crippen LogP contribution >= 0.6 is 11.8 Å². The minimum absolute atomic E-state index is 0.0976. The number of carbonyl (C=O) groups excluding carboxylic acids is 1. The molecule has 1 amide bonds. The molecule has 0 spiro atoms.